The van der Waals surface area contributed by atoms with E-state index in [0.717, 1.165) is 32.8 Å². The first-order valence-electron chi connectivity index (χ1n) is 7.61. The SMILES string of the molecule is CN(C)CC(O)CNCc1ccccc1N1CCOCC1. The van der Waals surface area contributed by atoms with Gasteiger partial charge in [-0.1, -0.05) is 18.2 Å². The fourth-order valence-electron chi connectivity index (χ4n) is 2.63. The van der Waals surface area contributed by atoms with Crippen molar-refractivity contribution in [3.8, 4) is 0 Å². The van der Waals surface area contributed by atoms with Gasteiger partial charge in [0, 0.05) is 38.4 Å². The van der Waals surface area contributed by atoms with Gasteiger partial charge in [0.05, 0.1) is 19.3 Å². The van der Waals surface area contributed by atoms with E-state index in [2.05, 4.69) is 34.5 Å². The molecule has 2 rings (SSSR count). The third-order valence-corrected chi connectivity index (χ3v) is 3.61. The van der Waals surface area contributed by atoms with Crippen LogP contribution in [0.15, 0.2) is 24.3 Å². The molecule has 1 fully saturated rings. The van der Waals surface area contributed by atoms with Gasteiger partial charge in [0.1, 0.15) is 0 Å². The zero-order valence-electron chi connectivity index (χ0n) is 13.1. The Hall–Kier alpha value is -1.14. The van der Waals surface area contributed by atoms with Crippen molar-refractivity contribution < 1.29 is 9.84 Å². The van der Waals surface area contributed by atoms with E-state index in [-0.39, 0.29) is 6.10 Å². The molecule has 1 heterocycles. The van der Waals surface area contributed by atoms with Crippen LogP contribution < -0.4 is 10.2 Å². The standard InChI is InChI=1S/C16H27N3O2/c1-18(2)13-15(20)12-17-11-14-5-3-4-6-16(14)19-7-9-21-10-8-19/h3-6,15,17,20H,7-13H2,1-2H3. The van der Waals surface area contributed by atoms with Crippen molar-refractivity contribution in [3.05, 3.63) is 29.8 Å². The Morgan fingerprint density at radius 3 is 2.71 bits per heavy atom. The van der Waals surface area contributed by atoms with E-state index in [0.29, 0.717) is 13.1 Å². The van der Waals surface area contributed by atoms with Crippen molar-refractivity contribution in [2.24, 2.45) is 0 Å². The van der Waals surface area contributed by atoms with Gasteiger partial charge in [-0.3, -0.25) is 0 Å². The average molecular weight is 293 g/mol. The Kier molecular flexibility index (Phi) is 6.45. The molecule has 1 atom stereocenters. The molecule has 5 heteroatoms. The Morgan fingerprint density at radius 1 is 1.29 bits per heavy atom. The third-order valence-electron chi connectivity index (χ3n) is 3.61. The minimum Gasteiger partial charge on any atom is -0.390 e. The van der Waals surface area contributed by atoms with Crippen LogP contribution in [0.5, 0.6) is 0 Å². The minimum atomic E-state index is -0.337. The first-order chi connectivity index (χ1) is 10.2. The van der Waals surface area contributed by atoms with E-state index in [4.69, 9.17) is 4.74 Å². The summed E-state index contributed by atoms with van der Waals surface area (Å²) in [5, 5.41) is 13.2. The number of morpholine rings is 1. The molecule has 118 valence electrons. The maximum absolute atomic E-state index is 9.88. The zero-order valence-corrected chi connectivity index (χ0v) is 13.1. The van der Waals surface area contributed by atoms with Crippen LogP contribution in [0.25, 0.3) is 0 Å². The maximum atomic E-state index is 9.88. The highest BCUT2D eigenvalue weighted by molar-refractivity contribution is 5.53. The Labute approximate surface area is 127 Å². The summed E-state index contributed by atoms with van der Waals surface area (Å²) in [6, 6.07) is 8.46. The highest BCUT2D eigenvalue weighted by Gasteiger charge is 2.14. The van der Waals surface area contributed by atoms with Gasteiger partial charge in [-0.15, -0.1) is 0 Å². The average Bonchev–Trinajstić information content (AvgIpc) is 2.48. The van der Waals surface area contributed by atoms with Gasteiger partial charge in [0.2, 0.25) is 0 Å². The van der Waals surface area contributed by atoms with Crippen molar-refractivity contribution in [1.82, 2.24) is 10.2 Å². The van der Waals surface area contributed by atoms with Crippen LogP contribution >= 0.6 is 0 Å². The number of rotatable bonds is 7. The summed E-state index contributed by atoms with van der Waals surface area (Å²) in [6.07, 6.45) is -0.337. The highest BCUT2D eigenvalue weighted by atomic mass is 16.5. The van der Waals surface area contributed by atoms with Crippen LogP contribution in [0.3, 0.4) is 0 Å². The summed E-state index contributed by atoms with van der Waals surface area (Å²) in [6.45, 7) is 5.54. The second-order valence-corrected chi connectivity index (χ2v) is 5.78. The van der Waals surface area contributed by atoms with Crippen LogP contribution in [-0.2, 0) is 11.3 Å². The molecule has 0 amide bonds. The zero-order chi connectivity index (χ0) is 15.1. The molecular weight excluding hydrogens is 266 g/mol. The van der Waals surface area contributed by atoms with Gasteiger partial charge in [-0.2, -0.15) is 0 Å². The molecule has 2 N–H and O–H groups in total. The van der Waals surface area contributed by atoms with Crippen molar-refractivity contribution in [2.45, 2.75) is 12.6 Å². The van der Waals surface area contributed by atoms with Crippen LogP contribution in [0.1, 0.15) is 5.56 Å². The molecule has 5 nitrogen and oxygen atoms in total. The smallest absolute Gasteiger partial charge is 0.0791 e. The fourth-order valence-corrected chi connectivity index (χ4v) is 2.63. The number of ether oxygens (including phenoxy) is 1. The second-order valence-electron chi connectivity index (χ2n) is 5.78. The molecule has 0 radical (unpaired) electrons. The van der Waals surface area contributed by atoms with E-state index in [9.17, 15) is 5.11 Å². The molecule has 1 unspecified atom stereocenters. The Balaban J connectivity index is 1.88. The number of nitrogens with zero attached hydrogens (tertiary/aromatic N) is 2. The van der Waals surface area contributed by atoms with Crippen LogP contribution in [0, 0.1) is 0 Å². The summed E-state index contributed by atoms with van der Waals surface area (Å²) in [5.41, 5.74) is 2.55. The predicted octanol–water partition coefficient (Wildman–Crippen LogP) is 0.535. The van der Waals surface area contributed by atoms with E-state index in [1.807, 2.05) is 19.0 Å². The fraction of sp³-hybridized carbons (Fsp3) is 0.625. The summed E-state index contributed by atoms with van der Waals surface area (Å²) in [7, 11) is 3.94. The van der Waals surface area contributed by atoms with E-state index in [1.165, 1.54) is 11.3 Å². The number of hydrogen-bond donors (Lipinski definition) is 2. The topological polar surface area (TPSA) is 48.0 Å². The van der Waals surface area contributed by atoms with Crippen molar-refractivity contribution in [3.63, 3.8) is 0 Å². The van der Waals surface area contributed by atoms with Crippen LogP contribution in [0.4, 0.5) is 5.69 Å². The molecular formula is C16H27N3O2. The number of para-hydroxylation sites is 1. The van der Waals surface area contributed by atoms with Gasteiger partial charge in [0.25, 0.3) is 0 Å². The molecule has 1 aliphatic heterocycles. The number of benzene rings is 1. The number of nitrogens with one attached hydrogen (secondary N) is 1. The Bertz CT molecular complexity index is 420. The van der Waals surface area contributed by atoms with Gasteiger partial charge >= 0.3 is 0 Å². The minimum absolute atomic E-state index is 0.337. The number of aliphatic hydroxyl groups is 1. The van der Waals surface area contributed by atoms with Crippen LogP contribution in [0.2, 0.25) is 0 Å². The lowest BCUT2D eigenvalue weighted by Gasteiger charge is -2.30. The number of hydrogen-bond acceptors (Lipinski definition) is 5. The van der Waals surface area contributed by atoms with E-state index < -0.39 is 0 Å². The summed E-state index contributed by atoms with van der Waals surface area (Å²) >= 11 is 0. The molecule has 0 bridgehead atoms. The van der Waals surface area contributed by atoms with E-state index >= 15 is 0 Å². The number of anilines is 1. The van der Waals surface area contributed by atoms with Crippen molar-refractivity contribution in [1.29, 1.82) is 0 Å². The molecule has 0 aliphatic carbocycles. The lowest BCUT2D eigenvalue weighted by molar-refractivity contribution is 0.122. The molecule has 21 heavy (non-hydrogen) atoms. The molecule has 1 aliphatic rings. The largest absolute Gasteiger partial charge is 0.390 e. The van der Waals surface area contributed by atoms with Gasteiger partial charge in [0.15, 0.2) is 0 Å². The van der Waals surface area contributed by atoms with E-state index in [1.54, 1.807) is 0 Å². The first-order valence-corrected chi connectivity index (χ1v) is 7.61. The summed E-state index contributed by atoms with van der Waals surface area (Å²) < 4.78 is 5.42. The second kappa shape index (κ2) is 8.34. The monoisotopic (exact) mass is 293 g/mol. The maximum Gasteiger partial charge on any atom is 0.0791 e. The van der Waals surface area contributed by atoms with Gasteiger partial charge < -0.3 is 25.0 Å². The van der Waals surface area contributed by atoms with Gasteiger partial charge in [-0.05, 0) is 25.7 Å². The van der Waals surface area contributed by atoms with Gasteiger partial charge in [-0.25, -0.2) is 0 Å². The normalized spacial score (nSPS) is 17.2. The molecule has 1 aromatic rings. The number of likely N-dealkylation sites (N-methyl/N-ethyl adjacent to an activating group) is 1. The van der Waals surface area contributed by atoms with Crippen molar-refractivity contribution >= 4 is 5.69 Å². The summed E-state index contributed by atoms with van der Waals surface area (Å²) in [5.74, 6) is 0. The highest BCUT2D eigenvalue weighted by Crippen LogP contribution is 2.21. The lowest BCUT2D eigenvalue weighted by atomic mass is 10.1. The predicted molar refractivity (Wildman–Crippen MR) is 85.7 cm³/mol. The summed E-state index contributed by atoms with van der Waals surface area (Å²) in [4.78, 5) is 4.37. The molecule has 0 aromatic heterocycles. The quantitative estimate of drug-likeness (QED) is 0.768. The molecule has 0 saturated carbocycles. The molecule has 1 saturated heterocycles. The third kappa shape index (κ3) is 5.28. The molecule has 1 aromatic carbocycles. The Morgan fingerprint density at radius 2 is 2.00 bits per heavy atom. The van der Waals surface area contributed by atoms with Crippen molar-refractivity contribution in [2.75, 3.05) is 58.4 Å². The lowest BCUT2D eigenvalue weighted by Crippen LogP contribution is -2.37. The number of aliphatic hydroxyl groups excluding tert-OH is 1. The first kappa shape index (κ1) is 16.2. The molecule has 0 spiro atoms. The van der Waals surface area contributed by atoms with Crippen LogP contribution in [-0.4, -0.2) is 69.6 Å².